The molecule has 26 heavy (non-hydrogen) atoms. The van der Waals surface area contributed by atoms with E-state index in [0.717, 1.165) is 31.8 Å². The van der Waals surface area contributed by atoms with E-state index in [1.807, 2.05) is 6.92 Å². The number of hydrogen-bond donors (Lipinski definition) is 2. The Morgan fingerprint density at radius 2 is 1.81 bits per heavy atom. The van der Waals surface area contributed by atoms with Crippen molar-refractivity contribution < 1.29 is 24.3 Å². The number of rotatable bonds is 6. The van der Waals surface area contributed by atoms with Gasteiger partial charge in [0, 0.05) is 0 Å². The lowest BCUT2D eigenvalue weighted by Gasteiger charge is -2.37. The van der Waals surface area contributed by atoms with Gasteiger partial charge in [0.15, 0.2) is 0 Å². The molecule has 0 aromatic heterocycles. The fourth-order valence-corrected chi connectivity index (χ4v) is 4.16. The summed E-state index contributed by atoms with van der Waals surface area (Å²) >= 11 is 0. The average molecular weight is 372 g/mol. The second-order valence-electron chi connectivity index (χ2n) is 8.97. The molecular weight excluding hydrogens is 332 g/mol. The van der Waals surface area contributed by atoms with E-state index in [2.05, 4.69) is 20.8 Å². The minimum Gasteiger partial charge on any atom is -0.450 e. The van der Waals surface area contributed by atoms with Gasteiger partial charge in [-0.2, -0.15) is 0 Å². The third kappa shape index (κ3) is 6.71. The maximum absolute atomic E-state index is 11.7. The molecule has 2 N–H and O–H groups in total. The summed E-state index contributed by atoms with van der Waals surface area (Å²) in [6, 6.07) is 0. The Balaban J connectivity index is 1.60. The van der Waals surface area contributed by atoms with Crippen LogP contribution >= 0.6 is 0 Å². The van der Waals surface area contributed by atoms with Crippen molar-refractivity contribution in [2.45, 2.75) is 65.6 Å². The molecule has 1 saturated heterocycles. The van der Waals surface area contributed by atoms with Crippen molar-refractivity contribution in [1.82, 2.24) is 4.90 Å². The van der Waals surface area contributed by atoms with E-state index in [0.29, 0.717) is 44.4 Å². The van der Waals surface area contributed by atoms with Crippen molar-refractivity contribution in [3.05, 3.63) is 0 Å². The second kappa shape index (κ2) is 9.90. The lowest BCUT2D eigenvalue weighted by atomic mass is 9.72. The van der Waals surface area contributed by atoms with Crippen LogP contribution in [0.1, 0.15) is 53.4 Å². The Hall–Kier alpha value is -0.850. The van der Waals surface area contributed by atoms with Crippen LogP contribution in [0.25, 0.3) is 0 Å². The number of ether oxygens (including phenoxy) is 2. The van der Waals surface area contributed by atoms with Gasteiger partial charge in [0.05, 0.1) is 45.5 Å². The van der Waals surface area contributed by atoms with E-state index < -0.39 is 6.10 Å². The predicted molar refractivity (Wildman–Crippen MR) is 101 cm³/mol. The van der Waals surface area contributed by atoms with Crippen LogP contribution < -0.4 is 4.90 Å². The van der Waals surface area contributed by atoms with Gasteiger partial charge in [0.2, 0.25) is 0 Å². The van der Waals surface area contributed by atoms with Crippen LogP contribution in [-0.2, 0) is 9.47 Å². The first-order valence-electron chi connectivity index (χ1n) is 10.3. The Morgan fingerprint density at radius 1 is 1.19 bits per heavy atom. The fraction of sp³-hybridized carbons (Fsp3) is 0.950. The number of carbonyl (C=O) groups excluding carboxylic acids is 1. The van der Waals surface area contributed by atoms with E-state index in [1.165, 1.54) is 17.7 Å². The van der Waals surface area contributed by atoms with E-state index >= 15 is 0 Å². The van der Waals surface area contributed by atoms with Gasteiger partial charge >= 0.3 is 6.09 Å². The quantitative estimate of drug-likeness (QED) is 0.739. The molecule has 1 amide bonds. The van der Waals surface area contributed by atoms with E-state index in [4.69, 9.17) is 9.47 Å². The van der Waals surface area contributed by atoms with Crippen molar-refractivity contribution in [1.29, 1.82) is 0 Å². The lowest BCUT2D eigenvalue weighted by molar-refractivity contribution is -0.907. The summed E-state index contributed by atoms with van der Waals surface area (Å²) in [7, 11) is 0. The molecule has 0 radical (unpaired) electrons. The topological polar surface area (TPSA) is 63.4 Å². The molecule has 1 saturated carbocycles. The first-order valence-corrected chi connectivity index (χ1v) is 10.3. The molecule has 2 rings (SSSR count). The number of amides is 1. The highest BCUT2D eigenvalue weighted by atomic mass is 16.6. The zero-order valence-corrected chi connectivity index (χ0v) is 17.1. The van der Waals surface area contributed by atoms with Crippen LogP contribution in [-0.4, -0.2) is 74.2 Å². The zero-order chi connectivity index (χ0) is 19.2. The van der Waals surface area contributed by atoms with Gasteiger partial charge in [-0.3, -0.25) is 4.90 Å². The number of carbonyl (C=O) groups is 1. The van der Waals surface area contributed by atoms with Crippen molar-refractivity contribution in [3.8, 4) is 0 Å². The van der Waals surface area contributed by atoms with Crippen molar-refractivity contribution in [2.75, 3.05) is 45.9 Å². The van der Waals surface area contributed by atoms with E-state index in [-0.39, 0.29) is 6.09 Å². The molecule has 0 spiro atoms. The number of nitrogens with zero attached hydrogens (tertiary/aromatic N) is 1. The highest BCUT2D eigenvalue weighted by Gasteiger charge is 2.31. The van der Waals surface area contributed by atoms with E-state index in [1.54, 1.807) is 4.90 Å². The van der Waals surface area contributed by atoms with Crippen molar-refractivity contribution in [2.24, 2.45) is 11.3 Å². The van der Waals surface area contributed by atoms with Gasteiger partial charge in [-0.25, -0.2) is 4.79 Å². The lowest BCUT2D eigenvalue weighted by Crippen LogP contribution is -3.15. The van der Waals surface area contributed by atoms with Gasteiger partial charge < -0.3 is 19.5 Å². The number of piperazine rings is 1. The molecule has 1 atom stereocenters. The molecule has 6 heteroatoms. The summed E-state index contributed by atoms with van der Waals surface area (Å²) in [4.78, 5) is 14.8. The molecule has 1 heterocycles. The van der Waals surface area contributed by atoms with Crippen molar-refractivity contribution >= 4 is 6.09 Å². The minimum absolute atomic E-state index is 0.221. The molecule has 2 fully saturated rings. The first-order chi connectivity index (χ1) is 12.3. The highest BCUT2D eigenvalue weighted by molar-refractivity contribution is 5.67. The maximum atomic E-state index is 11.7. The maximum Gasteiger partial charge on any atom is 0.410 e. The fourth-order valence-electron chi connectivity index (χ4n) is 4.16. The van der Waals surface area contributed by atoms with Gasteiger partial charge in [-0.15, -0.1) is 0 Å². The van der Waals surface area contributed by atoms with Crippen LogP contribution in [0, 0.1) is 11.3 Å². The van der Waals surface area contributed by atoms with Gasteiger partial charge in [0.1, 0.15) is 12.6 Å². The summed E-state index contributed by atoms with van der Waals surface area (Å²) in [5, 5.41) is 10.3. The van der Waals surface area contributed by atoms with Gasteiger partial charge in [-0.05, 0) is 43.9 Å². The minimum atomic E-state index is -0.431. The smallest absolute Gasteiger partial charge is 0.410 e. The number of aliphatic hydroxyl groups excluding tert-OH is 1. The normalized spacial score (nSPS) is 26.6. The highest BCUT2D eigenvalue weighted by Crippen LogP contribution is 2.38. The Bertz CT molecular complexity index is 422. The predicted octanol–water partition coefficient (Wildman–Crippen LogP) is 1.33. The SMILES string of the molecule is CCOC(=O)N1CC[NH+](C[C@@H](O)COC2CCC(C(C)(C)C)CC2)CC1. The number of hydrogen-bond acceptors (Lipinski definition) is 4. The summed E-state index contributed by atoms with van der Waals surface area (Å²) in [5.74, 6) is 0.785. The molecule has 1 aliphatic heterocycles. The average Bonchev–Trinajstić information content (AvgIpc) is 2.60. The van der Waals surface area contributed by atoms with Crippen molar-refractivity contribution in [3.63, 3.8) is 0 Å². The Kier molecular flexibility index (Phi) is 8.17. The molecule has 0 unspecified atom stereocenters. The molecule has 1 aliphatic carbocycles. The number of nitrogens with one attached hydrogen (secondary N) is 1. The monoisotopic (exact) mass is 371 g/mol. The summed E-state index contributed by atoms with van der Waals surface area (Å²) in [6.45, 7) is 13.4. The summed E-state index contributed by atoms with van der Waals surface area (Å²) < 4.78 is 11.0. The zero-order valence-electron chi connectivity index (χ0n) is 17.1. The molecule has 6 nitrogen and oxygen atoms in total. The molecular formula is C20H39N2O4+. The standard InChI is InChI=1S/C20H38N2O4/c1-5-25-19(24)22-12-10-21(11-13-22)14-17(23)15-26-18-8-6-16(7-9-18)20(2,3)4/h16-18,23H,5-15H2,1-4H3/p+1/t16?,17-,18?/m1/s1. The van der Waals surface area contributed by atoms with Crippen LogP contribution in [0.3, 0.4) is 0 Å². The molecule has 0 aromatic rings. The number of quaternary nitrogens is 1. The summed E-state index contributed by atoms with van der Waals surface area (Å²) in [6.07, 6.45) is 4.33. The van der Waals surface area contributed by atoms with Crippen LogP contribution in [0.15, 0.2) is 0 Å². The summed E-state index contributed by atoms with van der Waals surface area (Å²) in [5.41, 5.74) is 0.388. The van der Waals surface area contributed by atoms with Crippen LogP contribution in [0.4, 0.5) is 4.79 Å². The third-order valence-corrected chi connectivity index (χ3v) is 5.94. The second-order valence-corrected chi connectivity index (χ2v) is 8.97. The van der Waals surface area contributed by atoms with Crippen LogP contribution in [0.2, 0.25) is 0 Å². The third-order valence-electron chi connectivity index (χ3n) is 5.94. The Morgan fingerprint density at radius 3 is 2.35 bits per heavy atom. The Labute approximate surface area is 158 Å². The molecule has 152 valence electrons. The molecule has 2 aliphatic rings. The van der Waals surface area contributed by atoms with Gasteiger partial charge in [0.25, 0.3) is 0 Å². The molecule has 0 aromatic carbocycles. The first kappa shape index (κ1) is 21.5. The van der Waals surface area contributed by atoms with Gasteiger partial charge in [-0.1, -0.05) is 20.8 Å². The van der Waals surface area contributed by atoms with Crippen LogP contribution in [0.5, 0.6) is 0 Å². The largest absolute Gasteiger partial charge is 0.450 e. The molecule has 0 bridgehead atoms. The van der Waals surface area contributed by atoms with E-state index in [9.17, 15) is 9.90 Å². The number of aliphatic hydroxyl groups is 1.